The first-order valence-electron chi connectivity index (χ1n) is 7.71. The summed E-state index contributed by atoms with van der Waals surface area (Å²) in [5.41, 5.74) is 5.88. The number of hydrogen-bond acceptors (Lipinski definition) is 5. The molecular formula is C18H14N4O4. The van der Waals surface area contributed by atoms with Gasteiger partial charge in [0.2, 0.25) is 5.91 Å². The fraction of sp³-hybridized carbons (Fsp3) is 0.0556. The molecule has 0 saturated heterocycles. The van der Waals surface area contributed by atoms with Gasteiger partial charge in [0.05, 0.1) is 16.9 Å². The number of nitrogens with one attached hydrogen (secondary N) is 2. The lowest BCUT2D eigenvalue weighted by Gasteiger charge is -2.08. The third kappa shape index (κ3) is 3.81. The first-order chi connectivity index (χ1) is 12.5. The van der Waals surface area contributed by atoms with E-state index in [2.05, 4.69) is 15.8 Å². The Bertz CT molecular complexity index is 998. The molecule has 0 aliphatic carbocycles. The number of nitro benzene ring substituents is 1. The smallest absolute Gasteiger partial charge is 0.270 e. The van der Waals surface area contributed by atoms with Crippen molar-refractivity contribution in [2.75, 3.05) is 0 Å². The molecule has 8 nitrogen and oxygen atoms in total. The van der Waals surface area contributed by atoms with Gasteiger partial charge >= 0.3 is 0 Å². The number of nitrogens with zero attached hydrogens (tertiary/aromatic N) is 2. The number of fused-ring (bicyclic) bond motifs is 1. The number of hydrogen-bond donors (Lipinski definition) is 2. The Morgan fingerprint density at radius 1 is 1.04 bits per heavy atom. The molecule has 0 radical (unpaired) electrons. The Balaban J connectivity index is 1.64. The molecular weight excluding hydrogens is 336 g/mol. The lowest BCUT2D eigenvalue weighted by Crippen LogP contribution is -2.42. The van der Waals surface area contributed by atoms with Crippen molar-refractivity contribution >= 4 is 28.4 Å². The van der Waals surface area contributed by atoms with E-state index in [0.29, 0.717) is 0 Å². The van der Waals surface area contributed by atoms with Gasteiger partial charge in [-0.3, -0.25) is 35.5 Å². The zero-order valence-electron chi connectivity index (χ0n) is 13.5. The normalized spacial score (nSPS) is 10.3. The van der Waals surface area contributed by atoms with Gasteiger partial charge in [-0.2, -0.15) is 0 Å². The standard InChI is InChI=1S/C18H14N4O4/c23-16(11-13-5-1-4-12-7-3-9-19-17(12)13)20-21-18(24)14-6-2-8-15(10-14)22(25)26/h1-10H,11H2,(H,20,23)(H,21,24). The number of aromatic nitrogens is 1. The van der Waals surface area contributed by atoms with Crippen LogP contribution in [0.15, 0.2) is 60.8 Å². The van der Waals surface area contributed by atoms with Gasteiger partial charge in [0.15, 0.2) is 0 Å². The van der Waals surface area contributed by atoms with E-state index in [0.717, 1.165) is 22.5 Å². The number of rotatable bonds is 4. The number of pyridine rings is 1. The number of hydrazine groups is 1. The zero-order valence-corrected chi connectivity index (χ0v) is 13.5. The van der Waals surface area contributed by atoms with Gasteiger partial charge < -0.3 is 0 Å². The molecule has 0 aliphatic rings. The molecule has 26 heavy (non-hydrogen) atoms. The number of benzene rings is 2. The Kier molecular flexibility index (Phi) is 4.84. The zero-order chi connectivity index (χ0) is 18.5. The molecule has 0 saturated carbocycles. The monoisotopic (exact) mass is 350 g/mol. The maximum atomic E-state index is 12.1. The molecule has 2 N–H and O–H groups in total. The SMILES string of the molecule is O=C(Cc1cccc2cccnc12)NNC(=O)c1cccc([N+](=O)[O-])c1. The molecule has 0 unspecified atom stereocenters. The number of non-ortho nitro benzene ring substituents is 1. The maximum Gasteiger partial charge on any atom is 0.270 e. The minimum atomic E-state index is -0.641. The molecule has 3 rings (SSSR count). The highest BCUT2D eigenvalue weighted by molar-refractivity contribution is 5.96. The summed E-state index contributed by atoms with van der Waals surface area (Å²) in [5, 5.41) is 11.7. The fourth-order valence-corrected chi connectivity index (χ4v) is 2.49. The highest BCUT2D eigenvalue weighted by Crippen LogP contribution is 2.16. The van der Waals surface area contributed by atoms with Crippen molar-refractivity contribution in [1.82, 2.24) is 15.8 Å². The summed E-state index contributed by atoms with van der Waals surface area (Å²) in [5.74, 6) is -1.07. The number of carbonyl (C=O) groups is 2. The van der Waals surface area contributed by atoms with Crippen LogP contribution in [0.1, 0.15) is 15.9 Å². The highest BCUT2D eigenvalue weighted by atomic mass is 16.6. The quantitative estimate of drug-likeness (QED) is 0.553. The molecule has 0 atom stereocenters. The van der Waals surface area contributed by atoms with E-state index >= 15 is 0 Å². The van der Waals surface area contributed by atoms with Gasteiger partial charge in [-0.1, -0.05) is 30.3 Å². The van der Waals surface area contributed by atoms with E-state index in [1.807, 2.05) is 24.3 Å². The van der Waals surface area contributed by atoms with E-state index in [9.17, 15) is 19.7 Å². The van der Waals surface area contributed by atoms with Gasteiger partial charge in [0.1, 0.15) is 0 Å². The summed E-state index contributed by atoms with van der Waals surface area (Å²) in [7, 11) is 0. The molecule has 0 spiro atoms. The third-order valence-electron chi connectivity index (χ3n) is 3.70. The molecule has 2 aromatic carbocycles. The minimum Gasteiger partial charge on any atom is -0.273 e. The maximum absolute atomic E-state index is 12.1. The summed E-state index contributed by atoms with van der Waals surface area (Å²) in [6.07, 6.45) is 1.68. The van der Waals surface area contributed by atoms with Crippen LogP contribution in [0.2, 0.25) is 0 Å². The van der Waals surface area contributed by atoms with Crippen molar-refractivity contribution in [2.24, 2.45) is 0 Å². The van der Waals surface area contributed by atoms with Crippen molar-refractivity contribution in [3.8, 4) is 0 Å². The van der Waals surface area contributed by atoms with Crippen molar-refractivity contribution < 1.29 is 14.5 Å². The van der Waals surface area contributed by atoms with Crippen molar-refractivity contribution in [3.05, 3.63) is 82.0 Å². The first kappa shape index (κ1) is 17.0. The summed E-state index contributed by atoms with van der Waals surface area (Å²) in [6, 6.07) is 14.5. The Morgan fingerprint density at radius 3 is 2.62 bits per heavy atom. The molecule has 130 valence electrons. The highest BCUT2D eigenvalue weighted by Gasteiger charge is 2.13. The summed E-state index contributed by atoms with van der Waals surface area (Å²) in [4.78, 5) is 38.6. The Labute approximate surface area is 148 Å². The topological polar surface area (TPSA) is 114 Å². The predicted octanol–water partition coefficient (Wildman–Crippen LogP) is 2.15. The van der Waals surface area contributed by atoms with Crippen LogP contribution in [-0.4, -0.2) is 21.7 Å². The second-order valence-electron chi connectivity index (χ2n) is 5.48. The van der Waals surface area contributed by atoms with E-state index in [1.165, 1.54) is 18.2 Å². The first-order valence-corrected chi connectivity index (χ1v) is 7.71. The average molecular weight is 350 g/mol. The van der Waals surface area contributed by atoms with E-state index < -0.39 is 16.7 Å². The number of carbonyl (C=O) groups excluding carboxylic acids is 2. The predicted molar refractivity (Wildman–Crippen MR) is 94.2 cm³/mol. The van der Waals surface area contributed by atoms with Crippen LogP contribution in [0.25, 0.3) is 10.9 Å². The van der Waals surface area contributed by atoms with Gasteiger partial charge in [-0.25, -0.2) is 0 Å². The van der Waals surface area contributed by atoms with Crippen LogP contribution in [0.4, 0.5) is 5.69 Å². The second-order valence-corrected chi connectivity index (χ2v) is 5.48. The number of nitro groups is 1. The second kappa shape index (κ2) is 7.39. The summed E-state index contributed by atoms with van der Waals surface area (Å²) in [6.45, 7) is 0. The van der Waals surface area contributed by atoms with Crippen LogP contribution < -0.4 is 10.9 Å². The van der Waals surface area contributed by atoms with Gasteiger partial charge in [-0.15, -0.1) is 0 Å². The Hall–Kier alpha value is -3.81. The van der Waals surface area contributed by atoms with Crippen LogP contribution in [0.5, 0.6) is 0 Å². The van der Waals surface area contributed by atoms with Crippen LogP contribution in [0.3, 0.4) is 0 Å². The fourth-order valence-electron chi connectivity index (χ4n) is 2.49. The molecule has 8 heteroatoms. The molecule has 1 heterocycles. The van der Waals surface area contributed by atoms with Crippen LogP contribution in [-0.2, 0) is 11.2 Å². The lowest BCUT2D eigenvalue weighted by molar-refractivity contribution is -0.384. The van der Waals surface area contributed by atoms with E-state index in [-0.39, 0.29) is 17.7 Å². The van der Waals surface area contributed by atoms with Crippen molar-refractivity contribution in [3.63, 3.8) is 0 Å². The van der Waals surface area contributed by atoms with E-state index in [1.54, 1.807) is 12.3 Å². The molecule has 2 amide bonds. The summed E-state index contributed by atoms with van der Waals surface area (Å²) < 4.78 is 0. The average Bonchev–Trinajstić information content (AvgIpc) is 2.66. The lowest BCUT2D eigenvalue weighted by atomic mass is 10.1. The molecule has 1 aromatic heterocycles. The molecule has 0 bridgehead atoms. The van der Waals surface area contributed by atoms with Crippen LogP contribution in [0, 0.1) is 10.1 Å². The Morgan fingerprint density at radius 2 is 1.81 bits per heavy atom. The van der Waals surface area contributed by atoms with Gasteiger partial charge in [0, 0.05) is 29.3 Å². The molecule has 3 aromatic rings. The molecule has 0 fully saturated rings. The molecule has 0 aliphatic heterocycles. The largest absolute Gasteiger partial charge is 0.273 e. The number of amides is 2. The minimum absolute atomic E-state index is 0.0313. The van der Waals surface area contributed by atoms with Gasteiger partial charge in [-0.05, 0) is 17.7 Å². The third-order valence-corrected chi connectivity index (χ3v) is 3.70. The van der Waals surface area contributed by atoms with Crippen LogP contribution >= 0.6 is 0 Å². The van der Waals surface area contributed by atoms with Crippen molar-refractivity contribution in [2.45, 2.75) is 6.42 Å². The van der Waals surface area contributed by atoms with Crippen molar-refractivity contribution in [1.29, 1.82) is 0 Å². The number of para-hydroxylation sites is 1. The van der Waals surface area contributed by atoms with E-state index in [4.69, 9.17) is 0 Å². The van der Waals surface area contributed by atoms with Gasteiger partial charge in [0.25, 0.3) is 11.6 Å². The summed E-state index contributed by atoms with van der Waals surface area (Å²) >= 11 is 0.